The fourth-order valence-electron chi connectivity index (χ4n) is 1.22. The Labute approximate surface area is 102 Å². The van der Waals surface area contributed by atoms with Crippen molar-refractivity contribution in [3.05, 3.63) is 38.9 Å². The first kappa shape index (κ1) is 13.4. The lowest BCUT2D eigenvalue weighted by Crippen LogP contribution is -2.08. The summed E-state index contributed by atoms with van der Waals surface area (Å²) in [6.07, 6.45) is -4.72. The van der Waals surface area contributed by atoms with Gasteiger partial charge in [-0.05, 0) is 6.07 Å². The van der Waals surface area contributed by atoms with E-state index in [0.717, 1.165) is 0 Å². The number of hydrogen-bond acceptors (Lipinski definition) is 3. The monoisotopic (exact) mass is 308 g/mol. The van der Waals surface area contributed by atoms with E-state index in [4.69, 9.17) is 5.26 Å². The first-order valence-corrected chi connectivity index (χ1v) is 5.28. The van der Waals surface area contributed by atoms with Crippen molar-refractivity contribution in [1.29, 1.82) is 5.26 Å². The van der Waals surface area contributed by atoms with Crippen molar-refractivity contribution >= 4 is 21.6 Å². The van der Waals surface area contributed by atoms with Gasteiger partial charge >= 0.3 is 6.18 Å². The molecule has 0 saturated carbocycles. The summed E-state index contributed by atoms with van der Waals surface area (Å²) in [5.41, 5.74) is -2.34. The minimum atomic E-state index is -4.72. The van der Waals surface area contributed by atoms with Crippen molar-refractivity contribution in [2.24, 2.45) is 0 Å². The summed E-state index contributed by atoms with van der Waals surface area (Å²) >= 11 is 2.91. The number of nitro groups is 1. The van der Waals surface area contributed by atoms with Gasteiger partial charge in [0.1, 0.15) is 0 Å². The first-order chi connectivity index (χ1) is 7.81. The van der Waals surface area contributed by atoms with Gasteiger partial charge in [-0.15, -0.1) is 0 Å². The van der Waals surface area contributed by atoms with Gasteiger partial charge in [0, 0.05) is 11.4 Å². The molecule has 8 heteroatoms. The van der Waals surface area contributed by atoms with Crippen LogP contribution >= 0.6 is 15.9 Å². The lowest BCUT2D eigenvalue weighted by Gasteiger charge is -2.09. The quantitative estimate of drug-likeness (QED) is 0.478. The lowest BCUT2D eigenvalue weighted by molar-refractivity contribution is -0.385. The van der Waals surface area contributed by atoms with Crippen molar-refractivity contribution in [2.75, 3.05) is 0 Å². The Kier molecular flexibility index (Phi) is 3.72. The summed E-state index contributed by atoms with van der Waals surface area (Å²) in [7, 11) is 0. The van der Waals surface area contributed by atoms with Gasteiger partial charge in [0.2, 0.25) is 0 Å². The molecule has 17 heavy (non-hydrogen) atoms. The second kappa shape index (κ2) is 4.71. The maximum Gasteiger partial charge on any atom is 0.416 e. The number of halogens is 4. The smallest absolute Gasteiger partial charge is 0.258 e. The topological polar surface area (TPSA) is 66.9 Å². The van der Waals surface area contributed by atoms with Crippen LogP contribution in [0.15, 0.2) is 12.1 Å². The molecule has 0 aliphatic heterocycles. The Morgan fingerprint density at radius 2 is 2.06 bits per heavy atom. The third-order valence-electron chi connectivity index (χ3n) is 2.00. The fraction of sp³-hybridized carbons (Fsp3) is 0.222. The molecule has 0 fully saturated rings. The normalized spacial score (nSPS) is 11.0. The molecule has 0 amide bonds. The molecule has 1 rings (SSSR count). The molecular formula is C9H4BrF3N2O2. The predicted molar refractivity (Wildman–Crippen MR) is 55.4 cm³/mol. The third kappa shape index (κ3) is 2.74. The Morgan fingerprint density at radius 1 is 1.47 bits per heavy atom. The van der Waals surface area contributed by atoms with Gasteiger partial charge in [0.15, 0.2) is 0 Å². The molecule has 0 aliphatic carbocycles. The van der Waals surface area contributed by atoms with Crippen LogP contribution in [0.3, 0.4) is 0 Å². The van der Waals surface area contributed by atoms with Crippen LogP contribution < -0.4 is 0 Å². The Hall–Kier alpha value is -1.62. The molecule has 0 spiro atoms. The van der Waals surface area contributed by atoms with E-state index in [1.165, 1.54) is 6.07 Å². The van der Waals surface area contributed by atoms with E-state index in [1.54, 1.807) is 0 Å². The average Bonchev–Trinajstić information content (AvgIpc) is 2.25. The lowest BCUT2D eigenvalue weighted by atomic mass is 10.0. The second-order valence-electron chi connectivity index (χ2n) is 3.02. The molecule has 1 aromatic rings. The molecule has 0 saturated heterocycles. The highest BCUT2D eigenvalue weighted by atomic mass is 79.9. The van der Waals surface area contributed by atoms with E-state index in [2.05, 4.69) is 15.9 Å². The SMILES string of the molecule is N#Cc1cc(C(F)(F)F)cc([N+](=O)[O-])c1CBr. The number of nitrogens with zero attached hydrogens (tertiary/aromatic N) is 2. The van der Waals surface area contributed by atoms with E-state index in [0.29, 0.717) is 12.1 Å². The van der Waals surface area contributed by atoms with Crippen LogP contribution in [0.1, 0.15) is 16.7 Å². The minimum Gasteiger partial charge on any atom is -0.258 e. The number of nitriles is 1. The van der Waals surface area contributed by atoms with Crippen LogP contribution in [0.4, 0.5) is 18.9 Å². The Morgan fingerprint density at radius 3 is 2.41 bits per heavy atom. The summed E-state index contributed by atoms with van der Waals surface area (Å²) in [4.78, 5) is 9.70. The Bertz CT molecular complexity index is 508. The molecule has 4 nitrogen and oxygen atoms in total. The molecule has 0 radical (unpaired) electrons. The number of hydrogen-bond donors (Lipinski definition) is 0. The summed E-state index contributed by atoms with van der Waals surface area (Å²) in [6.45, 7) is 0. The number of benzene rings is 1. The molecule has 0 bridgehead atoms. The van der Waals surface area contributed by atoms with Gasteiger partial charge in [0.25, 0.3) is 5.69 Å². The molecule has 0 unspecified atom stereocenters. The maximum atomic E-state index is 12.4. The highest BCUT2D eigenvalue weighted by molar-refractivity contribution is 9.08. The van der Waals surface area contributed by atoms with Gasteiger partial charge in [-0.1, -0.05) is 15.9 Å². The van der Waals surface area contributed by atoms with Gasteiger partial charge in [-0.3, -0.25) is 10.1 Å². The minimum absolute atomic E-state index is 0.0644. The van der Waals surface area contributed by atoms with Crippen LogP contribution in [-0.4, -0.2) is 4.92 Å². The van der Waals surface area contributed by atoms with E-state index >= 15 is 0 Å². The van der Waals surface area contributed by atoms with Crippen LogP contribution in [-0.2, 0) is 11.5 Å². The number of alkyl halides is 4. The van der Waals surface area contributed by atoms with Crippen molar-refractivity contribution in [2.45, 2.75) is 11.5 Å². The van der Waals surface area contributed by atoms with Crippen molar-refractivity contribution in [3.8, 4) is 6.07 Å². The van der Waals surface area contributed by atoms with Gasteiger partial charge in [-0.25, -0.2) is 0 Å². The van der Waals surface area contributed by atoms with Crippen LogP contribution in [0.25, 0.3) is 0 Å². The highest BCUT2D eigenvalue weighted by Gasteiger charge is 2.34. The molecule has 0 N–H and O–H groups in total. The number of nitro benzene ring substituents is 1. The number of rotatable bonds is 2. The van der Waals surface area contributed by atoms with E-state index in [9.17, 15) is 23.3 Å². The average molecular weight is 309 g/mol. The predicted octanol–water partition coefficient (Wildman–Crippen LogP) is 3.38. The van der Waals surface area contributed by atoms with Gasteiger partial charge in [0.05, 0.1) is 27.7 Å². The zero-order valence-corrected chi connectivity index (χ0v) is 9.67. The molecule has 1 aromatic carbocycles. The van der Waals surface area contributed by atoms with Gasteiger partial charge < -0.3 is 0 Å². The van der Waals surface area contributed by atoms with Crippen LogP contribution in [0.5, 0.6) is 0 Å². The van der Waals surface area contributed by atoms with Crippen LogP contribution in [0.2, 0.25) is 0 Å². The van der Waals surface area contributed by atoms with E-state index in [-0.39, 0.29) is 16.5 Å². The standard InChI is InChI=1S/C9H4BrF3N2O2/c10-3-7-5(4-14)1-6(9(11,12)13)2-8(7)15(16)17/h1-2H,3H2. The van der Waals surface area contributed by atoms with Gasteiger partial charge in [-0.2, -0.15) is 18.4 Å². The molecular weight excluding hydrogens is 305 g/mol. The van der Waals surface area contributed by atoms with E-state index < -0.39 is 22.4 Å². The molecule has 0 atom stereocenters. The van der Waals surface area contributed by atoms with Crippen LogP contribution in [0, 0.1) is 21.4 Å². The first-order valence-electron chi connectivity index (χ1n) is 4.15. The fourth-order valence-corrected chi connectivity index (χ4v) is 1.81. The van der Waals surface area contributed by atoms with Crippen molar-refractivity contribution in [1.82, 2.24) is 0 Å². The maximum absolute atomic E-state index is 12.4. The molecule has 0 aliphatic rings. The Balaban J connectivity index is 3.59. The van der Waals surface area contributed by atoms with Crippen molar-refractivity contribution in [3.63, 3.8) is 0 Å². The largest absolute Gasteiger partial charge is 0.416 e. The molecule has 0 heterocycles. The molecule has 0 aromatic heterocycles. The zero-order valence-electron chi connectivity index (χ0n) is 8.08. The molecule has 90 valence electrons. The second-order valence-corrected chi connectivity index (χ2v) is 3.58. The summed E-state index contributed by atoms with van der Waals surface area (Å²) in [5.74, 6) is 0. The zero-order chi connectivity index (χ0) is 13.2. The highest BCUT2D eigenvalue weighted by Crippen LogP contribution is 2.35. The summed E-state index contributed by atoms with van der Waals surface area (Å²) in [6, 6.07) is 2.55. The van der Waals surface area contributed by atoms with E-state index in [1.807, 2.05) is 0 Å². The summed E-state index contributed by atoms with van der Waals surface area (Å²) in [5, 5.41) is 19.3. The third-order valence-corrected chi connectivity index (χ3v) is 2.57. The summed E-state index contributed by atoms with van der Waals surface area (Å²) < 4.78 is 37.3. The van der Waals surface area contributed by atoms with Crippen molar-refractivity contribution < 1.29 is 18.1 Å².